The molecule has 35 heavy (non-hydrogen) atoms. The summed E-state index contributed by atoms with van der Waals surface area (Å²) in [5.74, 6) is 0.766. The minimum absolute atomic E-state index is 0.766. The number of fused-ring (bicyclic) bond motifs is 1. The van der Waals surface area contributed by atoms with Crippen molar-refractivity contribution in [3.8, 4) is 33.8 Å². The number of unbranched alkanes of at least 4 members (excludes halogenated alkanes) is 2. The van der Waals surface area contributed by atoms with Crippen LogP contribution in [0.3, 0.4) is 0 Å². The van der Waals surface area contributed by atoms with Gasteiger partial charge in [0, 0.05) is 16.5 Å². The van der Waals surface area contributed by atoms with Crippen LogP contribution in [0.4, 0.5) is 0 Å². The zero-order valence-corrected chi connectivity index (χ0v) is 20.9. The molecule has 0 aliphatic heterocycles. The summed E-state index contributed by atoms with van der Waals surface area (Å²) in [7, 11) is 0. The van der Waals surface area contributed by atoms with Crippen molar-refractivity contribution in [3.05, 3.63) is 108 Å². The van der Waals surface area contributed by atoms with Crippen molar-refractivity contribution < 1.29 is 0 Å². The lowest BCUT2D eigenvalue weighted by molar-refractivity contribution is 0.717. The zero-order valence-electron chi connectivity index (χ0n) is 20.9. The summed E-state index contributed by atoms with van der Waals surface area (Å²) in [6.07, 6.45) is 4.90. The number of para-hydroxylation sites is 1. The van der Waals surface area contributed by atoms with E-state index in [1.807, 2.05) is 6.07 Å². The molecule has 0 unspecified atom stereocenters. The quantitative estimate of drug-likeness (QED) is 0.228. The topological polar surface area (TPSA) is 25.8 Å². The normalized spacial score (nSPS) is 11.2. The SMILES string of the molecule is CCCCCc1cccc(-c2cccc(-c3nc(-c4c(C)cccc4C)c4ccccc4n3)c2)c1. The van der Waals surface area contributed by atoms with E-state index >= 15 is 0 Å². The van der Waals surface area contributed by atoms with Crippen LogP contribution in [0.5, 0.6) is 0 Å². The van der Waals surface area contributed by atoms with Crippen molar-refractivity contribution in [1.82, 2.24) is 9.97 Å². The first-order valence-electron chi connectivity index (χ1n) is 12.7. The molecule has 1 heterocycles. The molecule has 0 aliphatic carbocycles. The summed E-state index contributed by atoms with van der Waals surface area (Å²) in [6, 6.07) is 32.3. The lowest BCUT2D eigenvalue weighted by Crippen LogP contribution is -1.98. The minimum atomic E-state index is 0.766. The van der Waals surface area contributed by atoms with Crippen LogP contribution < -0.4 is 0 Å². The molecular weight excluding hydrogens is 424 g/mol. The highest BCUT2D eigenvalue weighted by molar-refractivity contribution is 5.95. The van der Waals surface area contributed by atoms with Gasteiger partial charge in [-0.1, -0.05) is 98.6 Å². The lowest BCUT2D eigenvalue weighted by atomic mass is 9.96. The van der Waals surface area contributed by atoms with E-state index in [4.69, 9.17) is 9.97 Å². The molecule has 0 aliphatic rings. The molecule has 174 valence electrons. The van der Waals surface area contributed by atoms with Gasteiger partial charge in [-0.3, -0.25) is 0 Å². The van der Waals surface area contributed by atoms with E-state index in [-0.39, 0.29) is 0 Å². The first kappa shape index (κ1) is 23.0. The van der Waals surface area contributed by atoms with Gasteiger partial charge in [-0.05, 0) is 66.6 Å². The highest BCUT2D eigenvalue weighted by Crippen LogP contribution is 2.34. The first-order chi connectivity index (χ1) is 17.1. The van der Waals surface area contributed by atoms with E-state index in [0.29, 0.717) is 0 Å². The van der Waals surface area contributed by atoms with Gasteiger partial charge < -0.3 is 0 Å². The Morgan fingerprint density at radius 1 is 0.629 bits per heavy atom. The molecule has 0 spiro atoms. The maximum absolute atomic E-state index is 5.15. The van der Waals surface area contributed by atoms with Gasteiger partial charge in [0.25, 0.3) is 0 Å². The highest BCUT2D eigenvalue weighted by Gasteiger charge is 2.15. The number of aromatic nitrogens is 2. The Hall–Kier alpha value is -3.78. The van der Waals surface area contributed by atoms with Crippen molar-refractivity contribution in [2.75, 3.05) is 0 Å². The number of hydrogen-bond acceptors (Lipinski definition) is 2. The van der Waals surface area contributed by atoms with E-state index in [1.165, 1.54) is 52.6 Å². The van der Waals surface area contributed by atoms with Gasteiger partial charge in [-0.25, -0.2) is 9.97 Å². The molecule has 4 aromatic carbocycles. The van der Waals surface area contributed by atoms with Gasteiger partial charge in [0.05, 0.1) is 11.2 Å². The third kappa shape index (κ3) is 4.88. The molecule has 0 saturated heterocycles. The van der Waals surface area contributed by atoms with Crippen molar-refractivity contribution in [1.29, 1.82) is 0 Å². The molecule has 0 atom stereocenters. The second-order valence-electron chi connectivity index (χ2n) is 9.42. The van der Waals surface area contributed by atoms with Gasteiger partial charge >= 0.3 is 0 Å². The Balaban J connectivity index is 1.60. The van der Waals surface area contributed by atoms with E-state index in [9.17, 15) is 0 Å². The molecule has 5 rings (SSSR count). The Labute approximate surface area is 208 Å². The van der Waals surface area contributed by atoms with Crippen molar-refractivity contribution in [2.24, 2.45) is 0 Å². The predicted octanol–water partition coefficient (Wildman–Crippen LogP) is 8.98. The standard InChI is InChI=1S/C33H32N2/c1-4-5-6-14-25-15-10-16-26(21-25)27-17-11-18-28(22-27)33-34-30-20-8-7-19-29(30)32(35-33)31-23(2)12-9-13-24(31)3/h7-13,15-22H,4-6,14H2,1-3H3. The fraction of sp³-hybridized carbons (Fsp3) is 0.212. The van der Waals surface area contributed by atoms with Crippen LogP contribution in [-0.2, 0) is 6.42 Å². The van der Waals surface area contributed by atoms with Gasteiger partial charge in [0.2, 0.25) is 0 Å². The summed E-state index contributed by atoms with van der Waals surface area (Å²) < 4.78 is 0. The molecule has 2 heteroatoms. The van der Waals surface area contributed by atoms with Gasteiger partial charge in [0.1, 0.15) is 0 Å². The molecule has 0 radical (unpaired) electrons. The number of hydrogen-bond donors (Lipinski definition) is 0. The zero-order chi connectivity index (χ0) is 24.2. The Kier molecular flexibility index (Phi) is 6.72. The molecule has 5 aromatic rings. The van der Waals surface area contributed by atoms with Gasteiger partial charge in [-0.2, -0.15) is 0 Å². The monoisotopic (exact) mass is 456 g/mol. The largest absolute Gasteiger partial charge is 0.228 e. The number of nitrogens with zero attached hydrogens (tertiary/aromatic N) is 2. The third-order valence-electron chi connectivity index (χ3n) is 6.77. The van der Waals surface area contributed by atoms with Gasteiger partial charge in [0.15, 0.2) is 5.82 Å². The molecule has 0 bridgehead atoms. The Bertz CT molecular complexity index is 1460. The predicted molar refractivity (Wildman–Crippen MR) is 149 cm³/mol. The van der Waals surface area contributed by atoms with Crippen LogP contribution in [0.15, 0.2) is 91.0 Å². The molecule has 0 amide bonds. The minimum Gasteiger partial charge on any atom is -0.228 e. The maximum Gasteiger partial charge on any atom is 0.160 e. The van der Waals surface area contributed by atoms with E-state index < -0.39 is 0 Å². The maximum atomic E-state index is 5.15. The van der Waals surface area contributed by atoms with E-state index in [2.05, 4.69) is 106 Å². The van der Waals surface area contributed by atoms with Crippen molar-refractivity contribution in [3.63, 3.8) is 0 Å². The smallest absolute Gasteiger partial charge is 0.160 e. The Morgan fingerprint density at radius 2 is 1.31 bits per heavy atom. The second kappa shape index (κ2) is 10.2. The van der Waals surface area contributed by atoms with Crippen LogP contribution in [0.1, 0.15) is 42.9 Å². The van der Waals surface area contributed by atoms with E-state index in [1.54, 1.807) is 0 Å². The average Bonchev–Trinajstić information content (AvgIpc) is 2.89. The summed E-state index contributed by atoms with van der Waals surface area (Å²) in [5, 5.41) is 1.09. The van der Waals surface area contributed by atoms with Gasteiger partial charge in [-0.15, -0.1) is 0 Å². The fourth-order valence-corrected chi connectivity index (χ4v) is 4.91. The first-order valence-corrected chi connectivity index (χ1v) is 12.7. The molecule has 2 nitrogen and oxygen atoms in total. The molecule has 0 saturated carbocycles. The summed E-state index contributed by atoms with van der Waals surface area (Å²) >= 11 is 0. The summed E-state index contributed by atoms with van der Waals surface area (Å²) in [6.45, 7) is 6.57. The Morgan fingerprint density at radius 3 is 2.11 bits per heavy atom. The van der Waals surface area contributed by atoms with Crippen molar-refractivity contribution in [2.45, 2.75) is 46.5 Å². The molecule has 1 aromatic heterocycles. The third-order valence-corrected chi connectivity index (χ3v) is 6.77. The summed E-state index contributed by atoms with van der Waals surface area (Å²) in [5.41, 5.74) is 10.5. The fourth-order valence-electron chi connectivity index (χ4n) is 4.91. The van der Waals surface area contributed by atoms with E-state index in [0.717, 1.165) is 34.4 Å². The molecule has 0 N–H and O–H groups in total. The molecular formula is C33H32N2. The van der Waals surface area contributed by atoms with Crippen molar-refractivity contribution >= 4 is 10.9 Å². The van der Waals surface area contributed by atoms with Crippen LogP contribution in [0.2, 0.25) is 0 Å². The van der Waals surface area contributed by atoms with Crippen LogP contribution >= 0.6 is 0 Å². The number of rotatable bonds is 7. The highest BCUT2D eigenvalue weighted by atomic mass is 14.9. The summed E-state index contributed by atoms with van der Waals surface area (Å²) in [4.78, 5) is 10.1. The second-order valence-corrected chi connectivity index (χ2v) is 9.42. The van der Waals surface area contributed by atoms with Crippen LogP contribution in [-0.4, -0.2) is 9.97 Å². The molecule has 0 fully saturated rings. The lowest BCUT2D eigenvalue weighted by Gasteiger charge is -2.14. The number of benzene rings is 4. The van der Waals surface area contributed by atoms with Crippen LogP contribution in [0, 0.1) is 13.8 Å². The number of aryl methyl sites for hydroxylation is 3. The average molecular weight is 457 g/mol. The van der Waals surface area contributed by atoms with Crippen LogP contribution in [0.25, 0.3) is 44.7 Å².